The van der Waals surface area contributed by atoms with Crippen LogP contribution in [0.3, 0.4) is 0 Å². The second-order valence-corrected chi connectivity index (χ2v) is 11.8. The second kappa shape index (κ2) is 10.0. The van der Waals surface area contributed by atoms with E-state index in [4.69, 9.17) is 51.5 Å². The lowest BCUT2D eigenvalue weighted by atomic mass is 9.65. The number of rotatable bonds is 3. The van der Waals surface area contributed by atoms with Crippen LogP contribution in [0.5, 0.6) is 0 Å². The van der Waals surface area contributed by atoms with E-state index < -0.39 is 5.41 Å². The molecule has 0 N–H and O–H groups in total. The van der Waals surface area contributed by atoms with Crippen molar-refractivity contribution in [1.29, 1.82) is 0 Å². The summed E-state index contributed by atoms with van der Waals surface area (Å²) in [4.78, 5) is 0. The average Bonchev–Trinajstić information content (AvgIpc) is 3.62. The molecule has 1 aromatic heterocycles. The Labute approximate surface area is 270 Å². The third kappa shape index (κ3) is 3.64. The van der Waals surface area contributed by atoms with Gasteiger partial charge in [0.1, 0.15) is 58.2 Å². The topological polar surface area (TPSA) is 13.1 Å². The molecule has 8 rings (SSSR count). The largest absolute Gasteiger partial charge is 0.456 e. The van der Waals surface area contributed by atoms with E-state index in [0.717, 1.165) is 16.7 Å². The van der Waals surface area contributed by atoms with Gasteiger partial charge in [-0.05, 0) is 45.9 Å². The van der Waals surface area contributed by atoms with Gasteiger partial charge >= 0.3 is 0 Å². The summed E-state index contributed by atoms with van der Waals surface area (Å²) in [5.41, 5.74) is 11.7. The molecule has 196 valence electrons. The Balaban J connectivity index is 1.41. The quantitative estimate of drug-likeness (QED) is 0.305. The molecule has 0 unspecified atom stereocenters. The minimum atomic E-state index is -0.512. The minimum Gasteiger partial charge on any atom is -0.456 e. The number of hydrogen-bond acceptors (Lipinski definition) is 1. The maximum absolute atomic E-state index is 6.79. The molecule has 1 aliphatic rings. The van der Waals surface area contributed by atoms with Crippen molar-refractivity contribution in [2.75, 3.05) is 0 Å². The molecular formula is C38H20B6O. The van der Waals surface area contributed by atoms with Gasteiger partial charge in [-0.2, -0.15) is 0 Å². The molecule has 0 spiro atoms. The van der Waals surface area contributed by atoms with E-state index in [1.54, 1.807) is 0 Å². The fourth-order valence-corrected chi connectivity index (χ4v) is 7.39. The Morgan fingerprint density at radius 3 is 1.60 bits per heavy atom. The number of fused-ring (bicyclic) bond motifs is 6. The van der Waals surface area contributed by atoms with E-state index in [1.165, 1.54) is 27.8 Å². The van der Waals surface area contributed by atoms with Crippen LogP contribution in [0.4, 0.5) is 0 Å². The summed E-state index contributed by atoms with van der Waals surface area (Å²) >= 11 is 0. The predicted molar refractivity (Wildman–Crippen MR) is 194 cm³/mol. The molecular weight excluding hydrogens is 537 g/mol. The first-order valence-corrected chi connectivity index (χ1v) is 14.8. The molecule has 0 saturated heterocycles. The van der Waals surface area contributed by atoms with E-state index in [-0.39, 0.29) is 21.9 Å². The van der Waals surface area contributed by atoms with Gasteiger partial charge in [-0.3, -0.25) is 0 Å². The summed E-state index contributed by atoms with van der Waals surface area (Å²) in [6.07, 6.45) is 0. The first-order valence-electron chi connectivity index (χ1n) is 14.8. The van der Waals surface area contributed by atoms with Crippen molar-refractivity contribution in [3.63, 3.8) is 0 Å². The molecule has 0 saturated carbocycles. The smallest absolute Gasteiger partial charge is 0.142 e. The standard InChI is InChI=1S/C38H20B6O/c1-19-30(39)27(36-28(31(19)40)29-32(41)33(42)34(43)35(44)37(29)45-36)20-15-17-22(18-16-20)38(21-9-3-2-4-10-21)25-13-7-5-11-23(25)24-12-6-8-14-26(24)38/h2-18H,1H3. The van der Waals surface area contributed by atoms with Gasteiger partial charge in [0.25, 0.3) is 0 Å². The highest BCUT2D eigenvalue weighted by Crippen LogP contribution is 2.56. The van der Waals surface area contributed by atoms with Gasteiger partial charge in [0.15, 0.2) is 0 Å². The van der Waals surface area contributed by atoms with E-state index in [9.17, 15) is 0 Å². The Bertz CT molecular complexity index is 2290. The van der Waals surface area contributed by atoms with E-state index in [0.29, 0.717) is 38.4 Å². The molecule has 0 bridgehead atoms. The number of benzene rings is 6. The lowest BCUT2D eigenvalue weighted by Crippen LogP contribution is -2.47. The van der Waals surface area contributed by atoms with Crippen LogP contribution in [0.15, 0.2) is 108 Å². The highest BCUT2D eigenvalue weighted by Gasteiger charge is 2.45. The molecule has 1 nitrogen and oxygen atoms in total. The zero-order valence-electron chi connectivity index (χ0n) is 24.7. The highest BCUT2D eigenvalue weighted by molar-refractivity contribution is 6.68. The summed E-state index contributed by atoms with van der Waals surface area (Å²) in [5, 5.41) is 1.15. The lowest BCUT2D eigenvalue weighted by molar-refractivity contribution is 0.673. The van der Waals surface area contributed by atoms with Crippen LogP contribution < -0.4 is 32.8 Å². The zero-order chi connectivity index (χ0) is 31.2. The summed E-state index contributed by atoms with van der Waals surface area (Å²) in [7, 11) is 38.7. The van der Waals surface area contributed by atoms with Crippen LogP contribution in [0.25, 0.3) is 44.2 Å². The molecule has 1 heterocycles. The molecule has 7 heteroatoms. The van der Waals surface area contributed by atoms with E-state index >= 15 is 0 Å². The lowest BCUT2D eigenvalue weighted by Gasteiger charge is -2.34. The Morgan fingerprint density at radius 2 is 0.978 bits per heavy atom. The molecule has 0 atom stereocenters. The average molecular weight is 557 g/mol. The summed E-state index contributed by atoms with van der Waals surface area (Å²) in [6, 6.07) is 36.5. The van der Waals surface area contributed by atoms with Crippen LogP contribution in [0.2, 0.25) is 0 Å². The van der Waals surface area contributed by atoms with Crippen molar-refractivity contribution in [2.24, 2.45) is 0 Å². The maximum Gasteiger partial charge on any atom is 0.142 e. The normalized spacial score (nSPS) is 13.3. The minimum absolute atomic E-state index is 0.177. The fraction of sp³-hybridized carbons (Fsp3) is 0.0526. The maximum atomic E-state index is 6.79. The number of furan rings is 1. The molecule has 7 aromatic rings. The van der Waals surface area contributed by atoms with E-state index in [2.05, 4.69) is 103 Å². The van der Waals surface area contributed by atoms with Crippen molar-refractivity contribution in [1.82, 2.24) is 0 Å². The van der Waals surface area contributed by atoms with Gasteiger partial charge in [-0.15, -0.1) is 10.9 Å². The van der Waals surface area contributed by atoms with Crippen LogP contribution in [-0.2, 0) is 5.41 Å². The molecule has 1 aliphatic carbocycles. The molecule has 45 heavy (non-hydrogen) atoms. The zero-order valence-corrected chi connectivity index (χ0v) is 24.7. The van der Waals surface area contributed by atoms with Gasteiger partial charge in [0, 0.05) is 16.3 Å². The second-order valence-electron chi connectivity index (χ2n) is 11.8. The monoisotopic (exact) mass is 558 g/mol. The number of hydrogen-bond donors (Lipinski definition) is 0. The van der Waals surface area contributed by atoms with Gasteiger partial charge in [-0.1, -0.05) is 131 Å². The van der Waals surface area contributed by atoms with Crippen LogP contribution in [0.1, 0.15) is 27.8 Å². The first kappa shape index (κ1) is 28.0. The third-order valence-electron chi connectivity index (χ3n) is 9.63. The van der Waals surface area contributed by atoms with Crippen molar-refractivity contribution >= 4 is 102 Å². The Kier molecular flexibility index (Phi) is 6.23. The van der Waals surface area contributed by atoms with Crippen molar-refractivity contribution in [2.45, 2.75) is 12.3 Å². The van der Waals surface area contributed by atoms with Gasteiger partial charge in [0.2, 0.25) is 0 Å². The van der Waals surface area contributed by atoms with E-state index in [1.807, 2.05) is 6.92 Å². The Morgan fingerprint density at radius 1 is 0.467 bits per heavy atom. The van der Waals surface area contributed by atoms with Crippen molar-refractivity contribution in [3.8, 4) is 22.3 Å². The van der Waals surface area contributed by atoms with Crippen LogP contribution >= 0.6 is 0 Å². The molecule has 12 radical (unpaired) electrons. The molecule has 0 fully saturated rings. The SMILES string of the molecule is [B]c1c([B])c([B])c2c(oc3c(-c4ccc(C5(c6ccccc6)c6ccccc6-c6ccccc65)cc4)c([B])c(C)c([B])c32)c1[B]. The predicted octanol–water partition coefficient (Wildman–Crippen LogP) is 2.69. The van der Waals surface area contributed by atoms with Gasteiger partial charge in [-0.25, -0.2) is 0 Å². The first-order chi connectivity index (χ1) is 21.8. The van der Waals surface area contributed by atoms with Crippen molar-refractivity contribution < 1.29 is 4.42 Å². The van der Waals surface area contributed by atoms with Crippen LogP contribution in [0, 0.1) is 6.92 Å². The van der Waals surface area contributed by atoms with Crippen LogP contribution in [-0.4, -0.2) is 47.1 Å². The summed E-state index contributed by atoms with van der Waals surface area (Å²) < 4.78 is 6.41. The van der Waals surface area contributed by atoms with Crippen molar-refractivity contribution in [3.05, 3.63) is 131 Å². The fourth-order valence-electron chi connectivity index (χ4n) is 7.39. The highest BCUT2D eigenvalue weighted by atomic mass is 16.3. The summed E-state index contributed by atoms with van der Waals surface area (Å²) in [6.45, 7) is 1.89. The molecule has 6 aromatic carbocycles. The van der Waals surface area contributed by atoms with Gasteiger partial charge in [0.05, 0.1) is 5.41 Å². The molecule has 0 amide bonds. The Hall–Kier alpha value is -4.49. The third-order valence-corrected chi connectivity index (χ3v) is 9.63. The van der Waals surface area contributed by atoms with Gasteiger partial charge < -0.3 is 4.42 Å². The molecule has 0 aliphatic heterocycles. The summed E-state index contributed by atoms with van der Waals surface area (Å²) in [5.74, 6) is 0.